The lowest BCUT2D eigenvalue weighted by Gasteiger charge is -2.08. The number of hydrogen-bond acceptors (Lipinski definition) is 2. The van der Waals surface area contributed by atoms with E-state index in [0.717, 1.165) is 18.4 Å². The quantitative estimate of drug-likeness (QED) is 0.713. The maximum absolute atomic E-state index is 11.0. The second kappa shape index (κ2) is 4.72. The van der Waals surface area contributed by atoms with E-state index in [9.17, 15) is 4.79 Å². The first-order valence-corrected chi connectivity index (χ1v) is 4.88. The van der Waals surface area contributed by atoms with E-state index in [1.807, 2.05) is 0 Å². The molecule has 0 aromatic heterocycles. The van der Waals surface area contributed by atoms with Gasteiger partial charge >= 0.3 is 0 Å². The molecule has 1 atom stereocenters. The van der Waals surface area contributed by atoms with Crippen molar-refractivity contribution in [1.82, 2.24) is 5.32 Å². The fraction of sp³-hybridized carbons (Fsp3) is 0.857. The lowest BCUT2D eigenvalue weighted by atomic mass is 10.2. The lowest BCUT2D eigenvalue weighted by molar-refractivity contribution is -0.121. The molecule has 0 aromatic rings. The normalized spacial score (nSPS) is 23.5. The molecule has 4 heteroatoms. The fourth-order valence-corrected chi connectivity index (χ4v) is 1.39. The van der Waals surface area contributed by atoms with E-state index in [2.05, 4.69) is 21.2 Å². The minimum Gasteiger partial charge on any atom is -0.379 e. The zero-order valence-electron chi connectivity index (χ0n) is 6.31. The van der Waals surface area contributed by atoms with Crippen LogP contribution in [-0.4, -0.2) is 30.5 Å². The Kier molecular flexibility index (Phi) is 3.86. The van der Waals surface area contributed by atoms with E-state index in [1.54, 1.807) is 0 Å². The van der Waals surface area contributed by atoms with Crippen LogP contribution in [0.3, 0.4) is 0 Å². The highest BCUT2D eigenvalue weighted by atomic mass is 79.9. The number of carbonyl (C=O) groups is 1. The van der Waals surface area contributed by atoms with Crippen LogP contribution in [0.5, 0.6) is 0 Å². The Bertz CT molecular complexity index is 134. The first-order chi connectivity index (χ1) is 5.33. The van der Waals surface area contributed by atoms with E-state index in [1.165, 1.54) is 0 Å². The number of hydrogen-bond donors (Lipinski definition) is 1. The molecule has 1 amide bonds. The van der Waals surface area contributed by atoms with Gasteiger partial charge in [0.05, 0.1) is 12.6 Å². The van der Waals surface area contributed by atoms with E-state index in [4.69, 9.17) is 4.74 Å². The summed E-state index contributed by atoms with van der Waals surface area (Å²) in [6, 6.07) is 0.251. The molecule has 1 fully saturated rings. The molecular weight excluding hydrogens is 210 g/mol. The molecule has 1 rings (SSSR count). The molecule has 1 aliphatic heterocycles. The van der Waals surface area contributed by atoms with Crippen molar-refractivity contribution in [3.63, 3.8) is 0 Å². The molecule has 1 heterocycles. The van der Waals surface area contributed by atoms with Crippen LogP contribution in [0.4, 0.5) is 0 Å². The van der Waals surface area contributed by atoms with Crippen LogP contribution < -0.4 is 5.32 Å². The molecule has 3 nitrogen and oxygen atoms in total. The number of ether oxygens (including phenoxy) is 1. The summed E-state index contributed by atoms with van der Waals surface area (Å²) in [6.07, 6.45) is 1.50. The van der Waals surface area contributed by atoms with Crippen LogP contribution in [0.1, 0.15) is 12.8 Å². The number of carbonyl (C=O) groups excluding carboxylic acids is 1. The summed E-state index contributed by atoms with van der Waals surface area (Å²) in [5.74, 6) is 0.109. The fourth-order valence-electron chi connectivity index (χ4n) is 1.03. The van der Waals surface area contributed by atoms with Crippen molar-refractivity contribution < 1.29 is 9.53 Å². The molecule has 64 valence electrons. The highest BCUT2D eigenvalue weighted by molar-refractivity contribution is 9.09. The molecule has 1 unspecified atom stereocenters. The summed E-state index contributed by atoms with van der Waals surface area (Å²) >= 11 is 3.21. The summed E-state index contributed by atoms with van der Waals surface area (Å²) in [6.45, 7) is 1.45. The first-order valence-electron chi connectivity index (χ1n) is 3.76. The van der Waals surface area contributed by atoms with Gasteiger partial charge in [0.2, 0.25) is 5.91 Å². The average Bonchev–Trinajstić information content (AvgIpc) is 2.40. The Morgan fingerprint density at radius 2 is 2.55 bits per heavy atom. The van der Waals surface area contributed by atoms with Crippen LogP contribution in [0, 0.1) is 0 Å². The topological polar surface area (TPSA) is 38.3 Å². The Labute approximate surface area is 74.6 Å². The Balaban J connectivity index is 2.13. The van der Waals surface area contributed by atoms with Gasteiger partial charge in [0.15, 0.2) is 0 Å². The summed E-state index contributed by atoms with van der Waals surface area (Å²) in [5.41, 5.74) is 0. The van der Waals surface area contributed by atoms with Crippen molar-refractivity contribution in [2.75, 3.05) is 18.5 Å². The third-order valence-corrected chi connectivity index (χ3v) is 2.01. The van der Waals surface area contributed by atoms with Gasteiger partial charge < -0.3 is 10.1 Å². The summed E-state index contributed by atoms with van der Waals surface area (Å²) < 4.78 is 5.11. The molecule has 0 radical (unpaired) electrons. The predicted molar refractivity (Wildman–Crippen MR) is 45.8 cm³/mol. The second-order valence-corrected chi connectivity index (χ2v) is 3.36. The molecular formula is C7H12BrNO2. The van der Waals surface area contributed by atoms with E-state index in [0.29, 0.717) is 13.0 Å². The third kappa shape index (κ3) is 3.20. The monoisotopic (exact) mass is 221 g/mol. The van der Waals surface area contributed by atoms with Crippen molar-refractivity contribution in [2.45, 2.75) is 18.9 Å². The number of nitrogens with one attached hydrogen (secondary N) is 1. The van der Waals surface area contributed by atoms with Crippen molar-refractivity contribution in [3.8, 4) is 0 Å². The van der Waals surface area contributed by atoms with Crippen molar-refractivity contribution in [1.29, 1.82) is 0 Å². The van der Waals surface area contributed by atoms with Gasteiger partial charge in [-0.3, -0.25) is 4.79 Å². The summed E-state index contributed by atoms with van der Waals surface area (Å²) in [5, 5.41) is 3.61. The van der Waals surface area contributed by atoms with Crippen molar-refractivity contribution in [3.05, 3.63) is 0 Å². The smallest absolute Gasteiger partial charge is 0.221 e. The van der Waals surface area contributed by atoms with Gasteiger partial charge in [-0.2, -0.15) is 0 Å². The minimum absolute atomic E-state index is 0.109. The third-order valence-electron chi connectivity index (χ3n) is 1.62. The highest BCUT2D eigenvalue weighted by Gasteiger charge is 2.16. The van der Waals surface area contributed by atoms with Gasteiger partial charge in [0.1, 0.15) is 0 Å². The van der Waals surface area contributed by atoms with Crippen LogP contribution in [0.25, 0.3) is 0 Å². The highest BCUT2D eigenvalue weighted by Crippen LogP contribution is 2.03. The van der Waals surface area contributed by atoms with Gasteiger partial charge in [-0.1, -0.05) is 15.9 Å². The number of rotatable bonds is 3. The van der Waals surface area contributed by atoms with E-state index in [-0.39, 0.29) is 11.9 Å². The Morgan fingerprint density at radius 1 is 1.73 bits per heavy atom. The standard InChI is InChI=1S/C7H12BrNO2/c8-3-1-7(10)9-6-2-4-11-5-6/h6H,1-5H2,(H,9,10). The van der Waals surface area contributed by atoms with Gasteiger partial charge in [-0.15, -0.1) is 0 Å². The molecule has 0 aromatic carbocycles. The number of amides is 1. The van der Waals surface area contributed by atoms with Crippen LogP contribution >= 0.6 is 15.9 Å². The van der Waals surface area contributed by atoms with E-state index >= 15 is 0 Å². The largest absolute Gasteiger partial charge is 0.379 e. The Hall–Kier alpha value is -0.0900. The van der Waals surface area contributed by atoms with E-state index < -0.39 is 0 Å². The molecule has 0 spiro atoms. The maximum Gasteiger partial charge on any atom is 0.221 e. The first kappa shape index (κ1) is 9.00. The van der Waals surface area contributed by atoms with Crippen molar-refractivity contribution >= 4 is 21.8 Å². The summed E-state index contributed by atoms with van der Waals surface area (Å²) in [4.78, 5) is 11.0. The molecule has 0 aliphatic carbocycles. The van der Waals surface area contributed by atoms with Gasteiger partial charge in [0.25, 0.3) is 0 Å². The molecule has 1 N–H and O–H groups in total. The zero-order valence-corrected chi connectivity index (χ0v) is 7.89. The summed E-state index contributed by atoms with van der Waals surface area (Å²) in [7, 11) is 0. The Morgan fingerprint density at radius 3 is 3.09 bits per heavy atom. The molecule has 1 saturated heterocycles. The second-order valence-electron chi connectivity index (χ2n) is 2.57. The van der Waals surface area contributed by atoms with Gasteiger partial charge in [0, 0.05) is 18.4 Å². The average molecular weight is 222 g/mol. The molecule has 11 heavy (non-hydrogen) atoms. The predicted octanol–water partition coefficient (Wildman–Crippen LogP) is 0.677. The van der Waals surface area contributed by atoms with Crippen LogP contribution in [-0.2, 0) is 9.53 Å². The molecule has 0 saturated carbocycles. The zero-order chi connectivity index (χ0) is 8.10. The maximum atomic E-state index is 11.0. The molecule has 0 bridgehead atoms. The molecule has 1 aliphatic rings. The van der Waals surface area contributed by atoms with Crippen LogP contribution in [0.2, 0.25) is 0 Å². The van der Waals surface area contributed by atoms with Crippen molar-refractivity contribution in [2.24, 2.45) is 0 Å². The lowest BCUT2D eigenvalue weighted by Crippen LogP contribution is -2.34. The van der Waals surface area contributed by atoms with Gasteiger partial charge in [-0.05, 0) is 6.42 Å². The number of halogens is 1. The van der Waals surface area contributed by atoms with Gasteiger partial charge in [-0.25, -0.2) is 0 Å². The SMILES string of the molecule is O=C(CCBr)NC1CCOC1. The van der Waals surface area contributed by atoms with Crippen LogP contribution in [0.15, 0.2) is 0 Å². The minimum atomic E-state index is 0.109. The number of alkyl halides is 1.